The number of aromatic nitrogens is 1. The number of hydrogen-bond acceptors (Lipinski definition) is 7. The van der Waals surface area contributed by atoms with Gasteiger partial charge in [0.2, 0.25) is 0 Å². The predicted molar refractivity (Wildman–Crippen MR) is 117 cm³/mol. The van der Waals surface area contributed by atoms with Crippen LogP contribution in [0.25, 0.3) is 10.4 Å². The van der Waals surface area contributed by atoms with E-state index in [1.165, 1.54) is 0 Å². The largest absolute Gasteiger partial charge is 0.508 e. The van der Waals surface area contributed by atoms with Gasteiger partial charge in [-0.1, -0.05) is 24.3 Å². The Morgan fingerprint density at radius 3 is 2.13 bits per heavy atom. The summed E-state index contributed by atoms with van der Waals surface area (Å²) in [5.74, 6) is 0. The maximum absolute atomic E-state index is 12.3. The molecular formula is C22H30N2O5S. The third-order valence-corrected chi connectivity index (χ3v) is 4.75. The van der Waals surface area contributed by atoms with Gasteiger partial charge in [-0.3, -0.25) is 0 Å². The number of ether oxygens (including phenoxy) is 3. The molecule has 0 saturated carbocycles. The topological polar surface area (TPSA) is 86.8 Å². The first-order chi connectivity index (χ1) is 13.8. The van der Waals surface area contributed by atoms with Crippen molar-refractivity contribution in [2.45, 2.75) is 65.7 Å². The van der Waals surface area contributed by atoms with E-state index in [1.807, 2.05) is 31.2 Å². The quantitative estimate of drug-likeness (QED) is 0.613. The number of alkyl carbamates (subject to hydrolysis) is 1. The van der Waals surface area contributed by atoms with E-state index in [0.717, 1.165) is 21.7 Å². The summed E-state index contributed by atoms with van der Waals surface area (Å²) in [4.78, 5) is 29.6. The zero-order valence-electron chi connectivity index (χ0n) is 18.6. The van der Waals surface area contributed by atoms with Crippen molar-refractivity contribution in [3.63, 3.8) is 0 Å². The van der Waals surface area contributed by atoms with Crippen molar-refractivity contribution >= 4 is 23.6 Å². The van der Waals surface area contributed by atoms with Crippen molar-refractivity contribution in [1.29, 1.82) is 0 Å². The molecule has 1 N–H and O–H groups in total. The standard InChI is InChI=1S/C22H30N2O5S/c1-14-18(30-13-23-14)16-10-8-15(9-11-16)17(24-19(25)28-21(2,3)4)12-27-20(26)29-22(5,6)7/h8-11,13,17H,12H2,1-7H3,(H,24,25). The second kappa shape index (κ2) is 9.47. The lowest BCUT2D eigenvalue weighted by molar-refractivity contribution is -0.0121. The third kappa shape index (κ3) is 7.67. The minimum absolute atomic E-state index is 0.0902. The van der Waals surface area contributed by atoms with Crippen LogP contribution < -0.4 is 5.32 Å². The van der Waals surface area contributed by atoms with Crippen LogP contribution in [0.1, 0.15) is 58.8 Å². The van der Waals surface area contributed by atoms with Gasteiger partial charge < -0.3 is 19.5 Å². The lowest BCUT2D eigenvalue weighted by atomic mass is 10.0. The van der Waals surface area contributed by atoms with Crippen LogP contribution >= 0.6 is 11.3 Å². The van der Waals surface area contributed by atoms with Crippen LogP contribution in [0.3, 0.4) is 0 Å². The molecule has 0 aliphatic carbocycles. The number of carbonyl (C=O) groups is 2. The molecule has 1 unspecified atom stereocenters. The smallest absolute Gasteiger partial charge is 0.444 e. The van der Waals surface area contributed by atoms with Crippen molar-refractivity contribution in [3.05, 3.63) is 41.0 Å². The van der Waals surface area contributed by atoms with Crippen molar-refractivity contribution in [2.24, 2.45) is 0 Å². The Hall–Kier alpha value is -2.61. The number of hydrogen-bond donors (Lipinski definition) is 1. The fraction of sp³-hybridized carbons (Fsp3) is 0.500. The van der Waals surface area contributed by atoms with Crippen LogP contribution in [0.4, 0.5) is 9.59 Å². The molecule has 7 nitrogen and oxygen atoms in total. The number of nitrogens with zero attached hydrogens (tertiary/aromatic N) is 1. The number of amides is 1. The molecule has 8 heteroatoms. The van der Waals surface area contributed by atoms with Crippen LogP contribution in [0.5, 0.6) is 0 Å². The highest BCUT2D eigenvalue weighted by Gasteiger charge is 2.24. The molecule has 0 aliphatic rings. The summed E-state index contributed by atoms with van der Waals surface area (Å²) in [6.45, 7) is 12.5. The summed E-state index contributed by atoms with van der Waals surface area (Å²) >= 11 is 1.57. The summed E-state index contributed by atoms with van der Waals surface area (Å²) in [7, 11) is 0. The number of carbonyl (C=O) groups excluding carboxylic acids is 2. The molecule has 2 rings (SSSR count). The van der Waals surface area contributed by atoms with E-state index in [1.54, 1.807) is 58.4 Å². The lowest BCUT2D eigenvalue weighted by Gasteiger charge is -2.24. The van der Waals surface area contributed by atoms with Gasteiger partial charge in [0.15, 0.2) is 0 Å². The molecule has 1 aromatic carbocycles. The monoisotopic (exact) mass is 434 g/mol. The van der Waals surface area contributed by atoms with E-state index in [2.05, 4.69) is 10.3 Å². The molecule has 30 heavy (non-hydrogen) atoms. The van der Waals surface area contributed by atoms with Gasteiger partial charge in [0.05, 0.1) is 22.1 Å². The minimum atomic E-state index is -0.796. The Balaban J connectivity index is 2.16. The SMILES string of the molecule is Cc1ncsc1-c1ccc(C(COC(=O)OC(C)(C)C)NC(=O)OC(C)(C)C)cc1. The Kier molecular flexibility index (Phi) is 7.47. The molecule has 0 bridgehead atoms. The molecule has 1 atom stereocenters. The Bertz CT molecular complexity index is 863. The van der Waals surface area contributed by atoms with E-state index in [9.17, 15) is 9.59 Å². The summed E-state index contributed by atoms with van der Waals surface area (Å²) in [6, 6.07) is 7.08. The van der Waals surface area contributed by atoms with Gasteiger partial charge in [-0.25, -0.2) is 14.6 Å². The second-order valence-corrected chi connectivity index (χ2v) is 9.72. The first-order valence-electron chi connectivity index (χ1n) is 9.70. The molecule has 1 amide bonds. The highest BCUT2D eigenvalue weighted by Crippen LogP contribution is 2.28. The zero-order chi connectivity index (χ0) is 22.5. The van der Waals surface area contributed by atoms with Gasteiger partial charge in [-0.15, -0.1) is 11.3 Å². The fourth-order valence-corrected chi connectivity index (χ4v) is 3.36. The summed E-state index contributed by atoms with van der Waals surface area (Å²) < 4.78 is 15.8. The Morgan fingerprint density at radius 1 is 1.03 bits per heavy atom. The zero-order valence-corrected chi connectivity index (χ0v) is 19.4. The van der Waals surface area contributed by atoms with E-state index >= 15 is 0 Å². The van der Waals surface area contributed by atoms with Gasteiger partial charge in [0.25, 0.3) is 0 Å². The number of nitrogens with one attached hydrogen (secondary N) is 1. The summed E-state index contributed by atoms with van der Waals surface area (Å²) in [6.07, 6.45) is -1.39. The molecule has 1 heterocycles. The molecule has 164 valence electrons. The third-order valence-electron chi connectivity index (χ3n) is 3.77. The first kappa shape index (κ1) is 23.7. The van der Waals surface area contributed by atoms with Gasteiger partial charge in [0, 0.05) is 0 Å². The number of thiazole rings is 1. The second-order valence-electron chi connectivity index (χ2n) is 8.86. The Morgan fingerprint density at radius 2 is 1.63 bits per heavy atom. The van der Waals surface area contributed by atoms with Crippen molar-refractivity contribution < 1.29 is 23.8 Å². The predicted octanol–water partition coefficient (Wildman–Crippen LogP) is 5.64. The van der Waals surface area contributed by atoms with Crippen molar-refractivity contribution in [1.82, 2.24) is 10.3 Å². The van der Waals surface area contributed by atoms with E-state index in [4.69, 9.17) is 14.2 Å². The average Bonchev–Trinajstić information content (AvgIpc) is 3.01. The molecule has 2 aromatic rings. The Labute approximate surface area is 181 Å². The molecule has 0 fully saturated rings. The van der Waals surface area contributed by atoms with Gasteiger partial charge in [0.1, 0.15) is 17.8 Å². The van der Waals surface area contributed by atoms with Gasteiger partial charge in [-0.2, -0.15) is 0 Å². The number of benzene rings is 1. The fourth-order valence-electron chi connectivity index (χ4n) is 2.55. The van der Waals surface area contributed by atoms with Crippen molar-refractivity contribution in [3.8, 4) is 10.4 Å². The molecular weight excluding hydrogens is 404 g/mol. The maximum Gasteiger partial charge on any atom is 0.508 e. The molecule has 1 aromatic heterocycles. The molecule has 0 aliphatic heterocycles. The van der Waals surface area contributed by atoms with Crippen LogP contribution in [0.2, 0.25) is 0 Å². The van der Waals surface area contributed by atoms with E-state index in [0.29, 0.717) is 0 Å². The van der Waals surface area contributed by atoms with Gasteiger partial charge >= 0.3 is 12.2 Å². The summed E-state index contributed by atoms with van der Waals surface area (Å²) in [5, 5.41) is 2.77. The maximum atomic E-state index is 12.3. The normalized spacial score (nSPS) is 12.8. The lowest BCUT2D eigenvalue weighted by Crippen LogP contribution is -2.37. The van der Waals surface area contributed by atoms with Crippen LogP contribution in [0.15, 0.2) is 29.8 Å². The number of aryl methyl sites for hydroxylation is 1. The van der Waals surface area contributed by atoms with E-state index < -0.39 is 29.5 Å². The number of rotatable bonds is 5. The highest BCUT2D eigenvalue weighted by atomic mass is 32.1. The van der Waals surface area contributed by atoms with E-state index in [-0.39, 0.29) is 6.61 Å². The average molecular weight is 435 g/mol. The molecule has 0 saturated heterocycles. The van der Waals surface area contributed by atoms with Crippen molar-refractivity contribution in [2.75, 3.05) is 6.61 Å². The summed E-state index contributed by atoms with van der Waals surface area (Å²) in [5.41, 5.74) is 3.26. The highest BCUT2D eigenvalue weighted by molar-refractivity contribution is 7.13. The van der Waals surface area contributed by atoms with Gasteiger partial charge in [-0.05, 0) is 59.6 Å². The minimum Gasteiger partial charge on any atom is -0.444 e. The van der Waals surface area contributed by atoms with Crippen LogP contribution in [-0.2, 0) is 14.2 Å². The first-order valence-corrected chi connectivity index (χ1v) is 10.6. The van der Waals surface area contributed by atoms with Crippen LogP contribution in [0, 0.1) is 6.92 Å². The molecule has 0 spiro atoms. The van der Waals surface area contributed by atoms with Crippen LogP contribution in [-0.4, -0.2) is 35.0 Å². The molecule has 0 radical (unpaired) electrons.